The Hall–Kier alpha value is -3.45. The van der Waals surface area contributed by atoms with Crippen LogP contribution in [-0.2, 0) is 12.8 Å². The normalized spacial score (nSPS) is 12.1. The van der Waals surface area contributed by atoms with Crippen molar-refractivity contribution in [2.24, 2.45) is 0 Å². The summed E-state index contributed by atoms with van der Waals surface area (Å²) in [6.45, 7) is 9.21. The monoisotopic (exact) mass is 440 g/mol. The quantitative estimate of drug-likeness (QED) is 0.370. The van der Waals surface area contributed by atoms with E-state index in [0.717, 1.165) is 5.57 Å². The van der Waals surface area contributed by atoms with Crippen LogP contribution in [0, 0.1) is 0 Å². The number of methoxy groups -OCH3 is 2. The van der Waals surface area contributed by atoms with Crippen molar-refractivity contribution in [1.82, 2.24) is 0 Å². The van der Waals surface area contributed by atoms with Gasteiger partial charge in [-0.05, 0) is 27.2 Å². The number of allylic oxidation sites excluding steroid dienone is 2. The van der Waals surface area contributed by atoms with Crippen molar-refractivity contribution >= 4 is 21.9 Å². The van der Waals surface area contributed by atoms with E-state index in [2.05, 4.69) is 6.58 Å². The molecule has 0 fully saturated rings. The van der Waals surface area contributed by atoms with Gasteiger partial charge in [0.15, 0.2) is 11.5 Å². The number of hydrogen-bond acceptors (Lipinski definition) is 7. The molecule has 1 unspecified atom stereocenters. The number of fused-ring (bicyclic) bond motifs is 2. The molecule has 0 aliphatic rings. The van der Waals surface area contributed by atoms with Crippen LogP contribution in [0.25, 0.3) is 21.9 Å². The lowest BCUT2D eigenvalue weighted by atomic mass is 9.97. The second kappa shape index (κ2) is 8.96. The Balaban J connectivity index is 2.44. The number of ether oxygens (including phenoxy) is 2. The van der Waals surface area contributed by atoms with E-state index >= 15 is 0 Å². The third kappa shape index (κ3) is 4.03. The molecule has 1 aromatic heterocycles. The number of benzene rings is 2. The molecule has 170 valence electrons. The molecule has 3 rings (SSSR count). The summed E-state index contributed by atoms with van der Waals surface area (Å²) in [5.74, 6) is 0.0802. The van der Waals surface area contributed by atoms with Crippen LogP contribution in [0.2, 0.25) is 0 Å². The highest BCUT2D eigenvalue weighted by Gasteiger charge is 2.24. The van der Waals surface area contributed by atoms with Crippen molar-refractivity contribution < 1.29 is 29.2 Å². The van der Waals surface area contributed by atoms with Gasteiger partial charge in [0, 0.05) is 29.7 Å². The molecule has 32 heavy (non-hydrogen) atoms. The van der Waals surface area contributed by atoms with Crippen molar-refractivity contribution in [3.8, 4) is 23.0 Å². The second-order valence-corrected chi connectivity index (χ2v) is 8.04. The van der Waals surface area contributed by atoms with E-state index < -0.39 is 17.3 Å². The van der Waals surface area contributed by atoms with Gasteiger partial charge in [-0.25, -0.2) is 0 Å². The average Bonchev–Trinajstić information content (AvgIpc) is 2.73. The summed E-state index contributed by atoms with van der Waals surface area (Å²) < 4.78 is 16.9. The van der Waals surface area contributed by atoms with Gasteiger partial charge in [0.05, 0.1) is 25.7 Å². The van der Waals surface area contributed by atoms with Crippen molar-refractivity contribution in [2.75, 3.05) is 14.2 Å². The standard InChI is InChI=1S/C25H28O7/c1-12(2)7-8-14-21-19(11-20(30-5)25(14)31-6)32-18-10-17(27)15(9-16(26)13(3)4)23(28)22(18)24(21)29/h7,10-11,16,26-28H,3,8-9H2,1-2,4-6H3. The number of rotatable bonds is 7. The van der Waals surface area contributed by atoms with Crippen LogP contribution >= 0.6 is 0 Å². The van der Waals surface area contributed by atoms with Crippen LogP contribution < -0.4 is 14.9 Å². The maximum atomic E-state index is 13.6. The molecule has 0 saturated carbocycles. The average molecular weight is 440 g/mol. The number of phenolic OH excluding ortho intramolecular Hbond substituents is 2. The van der Waals surface area contributed by atoms with Gasteiger partial charge in [0.25, 0.3) is 0 Å². The fraction of sp³-hybridized carbons (Fsp3) is 0.320. The van der Waals surface area contributed by atoms with Gasteiger partial charge in [-0.1, -0.05) is 23.8 Å². The summed E-state index contributed by atoms with van der Waals surface area (Å²) in [5, 5.41) is 31.7. The minimum absolute atomic E-state index is 0.0199. The summed E-state index contributed by atoms with van der Waals surface area (Å²) in [7, 11) is 2.98. The second-order valence-electron chi connectivity index (χ2n) is 8.04. The van der Waals surface area contributed by atoms with Crippen molar-refractivity contribution in [3.63, 3.8) is 0 Å². The first-order valence-corrected chi connectivity index (χ1v) is 10.2. The first kappa shape index (κ1) is 23.2. The van der Waals surface area contributed by atoms with Gasteiger partial charge < -0.3 is 29.2 Å². The Labute approximate surface area is 185 Å². The van der Waals surface area contributed by atoms with E-state index in [4.69, 9.17) is 13.9 Å². The first-order chi connectivity index (χ1) is 15.1. The lowest BCUT2D eigenvalue weighted by Gasteiger charge is -2.17. The summed E-state index contributed by atoms with van der Waals surface area (Å²) in [6.07, 6.45) is 1.24. The van der Waals surface area contributed by atoms with E-state index in [1.165, 1.54) is 20.3 Å². The fourth-order valence-electron chi connectivity index (χ4n) is 3.66. The zero-order valence-corrected chi connectivity index (χ0v) is 18.9. The Morgan fingerprint density at radius 3 is 2.31 bits per heavy atom. The molecule has 3 N–H and O–H groups in total. The van der Waals surface area contributed by atoms with Crippen LogP contribution in [0.3, 0.4) is 0 Å². The van der Waals surface area contributed by atoms with Gasteiger partial charge in [-0.3, -0.25) is 4.79 Å². The summed E-state index contributed by atoms with van der Waals surface area (Å²) in [4.78, 5) is 13.6. The molecule has 2 aromatic carbocycles. The number of aliphatic hydroxyl groups excluding tert-OH is 1. The van der Waals surface area contributed by atoms with E-state index in [0.29, 0.717) is 29.1 Å². The zero-order chi connectivity index (χ0) is 23.7. The highest BCUT2D eigenvalue weighted by Crippen LogP contribution is 2.41. The van der Waals surface area contributed by atoms with Gasteiger partial charge >= 0.3 is 0 Å². The molecule has 0 bridgehead atoms. The minimum atomic E-state index is -0.991. The molecule has 0 aliphatic heterocycles. The highest BCUT2D eigenvalue weighted by atomic mass is 16.5. The lowest BCUT2D eigenvalue weighted by molar-refractivity contribution is 0.209. The molecule has 7 heteroatoms. The molecule has 0 amide bonds. The summed E-state index contributed by atoms with van der Waals surface area (Å²) >= 11 is 0. The predicted octanol–water partition coefficient (Wildman–Crippen LogP) is 4.36. The molecular weight excluding hydrogens is 412 g/mol. The van der Waals surface area contributed by atoms with Crippen LogP contribution in [0.15, 0.2) is 45.1 Å². The molecule has 1 heterocycles. The van der Waals surface area contributed by atoms with Crippen molar-refractivity contribution in [3.05, 3.63) is 57.3 Å². The Kier molecular flexibility index (Phi) is 6.50. The molecule has 0 saturated heterocycles. The third-order valence-electron chi connectivity index (χ3n) is 5.43. The van der Waals surface area contributed by atoms with Crippen LogP contribution in [-0.4, -0.2) is 35.6 Å². The van der Waals surface area contributed by atoms with E-state index in [1.807, 2.05) is 19.9 Å². The molecule has 1 atom stereocenters. The fourth-order valence-corrected chi connectivity index (χ4v) is 3.66. The number of hydrogen-bond donors (Lipinski definition) is 3. The maximum Gasteiger partial charge on any atom is 0.204 e. The van der Waals surface area contributed by atoms with Gasteiger partial charge in [0.2, 0.25) is 5.43 Å². The molecule has 0 spiro atoms. The Morgan fingerprint density at radius 2 is 1.75 bits per heavy atom. The lowest BCUT2D eigenvalue weighted by Crippen LogP contribution is -2.13. The van der Waals surface area contributed by atoms with Gasteiger partial charge in [-0.15, -0.1) is 0 Å². The molecular formula is C25H28O7. The largest absolute Gasteiger partial charge is 0.507 e. The predicted molar refractivity (Wildman–Crippen MR) is 124 cm³/mol. The summed E-state index contributed by atoms with van der Waals surface area (Å²) in [6, 6.07) is 2.82. The first-order valence-electron chi connectivity index (χ1n) is 10.2. The van der Waals surface area contributed by atoms with E-state index in [9.17, 15) is 20.1 Å². The zero-order valence-electron chi connectivity index (χ0n) is 18.9. The number of phenols is 2. The number of aliphatic hydroxyl groups is 1. The molecule has 0 radical (unpaired) electrons. The van der Waals surface area contributed by atoms with E-state index in [-0.39, 0.29) is 39.7 Å². The van der Waals surface area contributed by atoms with Gasteiger partial charge in [0.1, 0.15) is 28.1 Å². The van der Waals surface area contributed by atoms with Crippen LogP contribution in [0.4, 0.5) is 0 Å². The highest BCUT2D eigenvalue weighted by molar-refractivity contribution is 5.97. The SMILES string of the molecule is C=C(C)C(O)Cc1c(O)cc2oc3cc(OC)c(OC)c(CC=C(C)C)c3c(=O)c2c1O. The third-order valence-corrected chi connectivity index (χ3v) is 5.43. The molecule has 7 nitrogen and oxygen atoms in total. The smallest absolute Gasteiger partial charge is 0.204 e. The van der Waals surface area contributed by atoms with Crippen molar-refractivity contribution in [2.45, 2.75) is 39.7 Å². The molecule has 3 aromatic rings. The topological polar surface area (TPSA) is 109 Å². The van der Waals surface area contributed by atoms with Gasteiger partial charge in [-0.2, -0.15) is 0 Å². The number of aromatic hydroxyl groups is 2. The van der Waals surface area contributed by atoms with Crippen LogP contribution in [0.1, 0.15) is 31.9 Å². The van der Waals surface area contributed by atoms with Crippen LogP contribution in [0.5, 0.6) is 23.0 Å². The maximum absolute atomic E-state index is 13.6. The van der Waals surface area contributed by atoms with Crippen molar-refractivity contribution in [1.29, 1.82) is 0 Å². The Bertz CT molecular complexity index is 1290. The van der Waals surface area contributed by atoms with E-state index in [1.54, 1.807) is 13.0 Å². The molecule has 0 aliphatic carbocycles. The summed E-state index contributed by atoms with van der Waals surface area (Å²) in [5.41, 5.74) is 1.92. The minimum Gasteiger partial charge on any atom is -0.507 e. The Morgan fingerprint density at radius 1 is 1.09 bits per heavy atom.